The summed E-state index contributed by atoms with van der Waals surface area (Å²) in [7, 11) is 0. The summed E-state index contributed by atoms with van der Waals surface area (Å²) in [5.74, 6) is 0.802. The van der Waals surface area contributed by atoms with E-state index in [-0.39, 0.29) is 0 Å². The third kappa shape index (κ3) is 1.25. The van der Waals surface area contributed by atoms with Crippen LogP contribution in [0.5, 0.6) is 0 Å². The molecule has 1 saturated carbocycles. The van der Waals surface area contributed by atoms with E-state index >= 15 is 0 Å². The number of likely N-dealkylation sites (tertiary alicyclic amines) is 1. The van der Waals surface area contributed by atoms with Crippen LogP contribution < -0.4 is 5.32 Å². The van der Waals surface area contributed by atoms with E-state index in [2.05, 4.69) is 24.1 Å². The minimum absolute atomic E-state index is 0.303. The van der Waals surface area contributed by atoms with Crippen molar-refractivity contribution < 1.29 is 4.79 Å². The van der Waals surface area contributed by atoms with E-state index < -0.39 is 0 Å². The fraction of sp³-hybridized carbons (Fsp3) is 0.917. The zero-order chi connectivity index (χ0) is 10.7. The topological polar surface area (TPSA) is 32.3 Å². The number of nitrogens with one attached hydrogen (secondary N) is 1. The first-order chi connectivity index (χ1) is 7.04. The quantitative estimate of drug-likeness (QED) is 0.693. The average molecular weight is 208 g/mol. The molecular weight excluding hydrogens is 188 g/mol. The van der Waals surface area contributed by atoms with E-state index in [0.29, 0.717) is 22.7 Å². The number of amides is 1. The lowest BCUT2D eigenvalue weighted by Gasteiger charge is -2.30. The first-order valence-electron chi connectivity index (χ1n) is 6.04. The molecule has 3 fully saturated rings. The van der Waals surface area contributed by atoms with Crippen LogP contribution in [0.3, 0.4) is 0 Å². The van der Waals surface area contributed by atoms with Gasteiger partial charge in [-0.2, -0.15) is 0 Å². The summed E-state index contributed by atoms with van der Waals surface area (Å²) in [6.07, 6.45) is 2.25. The molecule has 3 aliphatic rings. The van der Waals surface area contributed by atoms with Gasteiger partial charge < -0.3 is 10.2 Å². The minimum atomic E-state index is 0.303. The van der Waals surface area contributed by atoms with Crippen molar-refractivity contribution in [3.8, 4) is 0 Å². The van der Waals surface area contributed by atoms with E-state index in [1.54, 1.807) is 0 Å². The highest BCUT2D eigenvalue weighted by atomic mass is 16.2. The lowest BCUT2D eigenvalue weighted by atomic mass is 9.71. The minimum Gasteiger partial charge on any atom is -0.341 e. The highest BCUT2D eigenvalue weighted by Crippen LogP contribution is 2.49. The summed E-state index contributed by atoms with van der Waals surface area (Å²) in [5.41, 5.74) is 0.606. The van der Waals surface area contributed by atoms with Gasteiger partial charge in [-0.1, -0.05) is 13.8 Å². The zero-order valence-electron chi connectivity index (χ0n) is 9.68. The van der Waals surface area contributed by atoms with Gasteiger partial charge in [-0.25, -0.2) is 0 Å². The molecule has 0 unspecified atom stereocenters. The van der Waals surface area contributed by atoms with E-state index in [0.717, 1.165) is 39.0 Å². The van der Waals surface area contributed by atoms with Crippen LogP contribution >= 0.6 is 0 Å². The van der Waals surface area contributed by atoms with Crippen LogP contribution in [0.15, 0.2) is 0 Å². The highest BCUT2D eigenvalue weighted by Gasteiger charge is 2.56. The summed E-state index contributed by atoms with van der Waals surface area (Å²) in [5, 5.41) is 3.47. The Balaban J connectivity index is 1.79. The number of rotatable bonds is 1. The Hall–Kier alpha value is -0.570. The zero-order valence-corrected chi connectivity index (χ0v) is 9.68. The largest absolute Gasteiger partial charge is 0.341 e. The fourth-order valence-electron chi connectivity index (χ4n) is 3.18. The number of nitrogens with zero attached hydrogens (tertiary/aromatic N) is 1. The summed E-state index contributed by atoms with van der Waals surface area (Å²) in [4.78, 5) is 14.2. The Morgan fingerprint density at radius 2 is 1.73 bits per heavy atom. The molecule has 2 aliphatic heterocycles. The maximum absolute atomic E-state index is 12.0. The molecule has 1 N–H and O–H groups in total. The molecule has 1 amide bonds. The molecular formula is C12H20N2O. The molecule has 0 bridgehead atoms. The standard InChI is InChI=1S/C12H20N2O/c1-11-5-13-6-12(11,2)8-14(7-11)10(15)9-3-4-9/h9,13H,3-8H2,1-2H3/t11-,12+. The van der Waals surface area contributed by atoms with E-state index in [9.17, 15) is 4.79 Å². The molecule has 2 saturated heterocycles. The lowest BCUT2D eigenvalue weighted by Crippen LogP contribution is -2.35. The summed E-state index contributed by atoms with van der Waals surface area (Å²) >= 11 is 0. The van der Waals surface area contributed by atoms with Crippen LogP contribution in [-0.2, 0) is 4.79 Å². The second-order valence-corrected chi connectivity index (χ2v) is 6.19. The van der Waals surface area contributed by atoms with Gasteiger partial charge in [-0.15, -0.1) is 0 Å². The predicted molar refractivity (Wildman–Crippen MR) is 58.4 cm³/mol. The van der Waals surface area contributed by atoms with Gasteiger partial charge in [0.05, 0.1) is 0 Å². The Morgan fingerprint density at radius 1 is 1.20 bits per heavy atom. The van der Waals surface area contributed by atoms with Gasteiger partial charge in [0.15, 0.2) is 0 Å². The molecule has 3 heteroatoms. The van der Waals surface area contributed by atoms with Crippen molar-refractivity contribution in [2.45, 2.75) is 26.7 Å². The SMILES string of the molecule is C[C@@]12CNC[C@]1(C)CN(C(=O)C1CC1)C2. The van der Waals surface area contributed by atoms with Crippen LogP contribution in [0, 0.1) is 16.7 Å². The summed E-state index contributed by atoms with van der Waals surface area (Å²) < 4.78 is 0. The number of hydrogen-bond donors (Lipinski definition) is 1. The van der Waals surface area contributed by atoms with Crippen molar-refractivity contribution in [1.82, 2.24) is 10.2 Å². The maximum Gasteiger partial charge on any atom is 0.225 e. The third-order valence-corrected chi connectivity index (χ3v) is 4.81. The van der Waals surface area contributed by atoms with Crippen molar-refractivity contribution in [3.63, 3.8) is 0 Å². The molecule has 0 aromatic heterocycles. The molecule has 1 aliphatic carbocycles. The number of carbonyl (C=O) groups excluding carboxylic acids is 1. The van der Waals surface area contributed by atoms with Crippen molar-refractivity contribution in [1.29, 1.82) is 0 Å². The third-order valence-electron chi connectivity index (χ3n) is 4.81. The molecule has 2 heterocycles. The van der Waals surface area contributed by atoms with Crippen LogP contribution in [0.2, 0.25) is 0 Å². The van der Waals surface area contributed by atoms with Gasteiger partial charge in [-0.3, -0.25) is 4.79 Å². The van der Waals surface area contributed by atoms with Crippen LogP contribution in [0.25, 0.3) is 0 Å². The van der Waals surface area contributed by atoms with Crippen LogP contribution in [-0.4, -0.2) is 37.0 Å². The molecule has 0 aromatic rings. The second-order valence-electron chi connectivity index (χ2n) is 6.19. The smallest absolute Gasteiger partial charge is 0.225 e. The maximum atomic E-state index is 12.0. The molecule has 15 heavy (non-hydrogen) atoms. The number of fused-ring (bicyclic) bond motifs is 1. The van der Waals surface area contributed by atoms with Gasteiger partial charge in [0.25, 0.3) is 0 Å². The summed E-state index contributed by atoms with van der Waals surface area (Å²) in [6.45, 7) is 8.72. The summed E-state index contributed by atoms with van der Waals surface area (Å²) in [6, 6.07) is 0. The monoisotopic (exact) mass is 208 g/mol. The van der Waals surface area contributed by atoms with Crippen molar-refractivity contribution in [2.24, 2.45) is 16.7 Å². The lowest BCUT2D eigenvalue weighted by molar-refractivity contribution is -0.132. The first-order valence-corrected chi connectivity index (χ1v) is 6.04. The van der Waals surface area contributed by atoms with Gasteiger partial charge in [-0.05, 0) is 12.8 Å². The van der Waals surface area contributed by atoms with Gasteiger partial charge in [0.2, 0.25) is 5.91 Å². The Morgan fingerprint density at radius 3 is 2.20 bits per heavy atom. The van der Waals surface area contributed by atoms with Crippen LogP contribution in [0.1, 0.15) is 26.7 Å². The Kier molecular flexibility index (Phi) is 1.77. The highest BCUT2D eigenvalue weighted by molar-refractivity contribution is 5.81. The van der Waals surface area contributed by atoms with Gasteiger partial charge in [0.1, 0.15) is 0 Å². The van der Waals surface area contributed by atoms with Crippen LogP contribution in [0.4, 0.5) is 0 Å². The first kappa shape index (κ1) is 9.64. The van der Waals surface area contributed by atoms with E-state index in [4.69, 9.17) is 0 Å². The molecule has 84 valence electrons. The molecule has 0 radical (unpaired) electrons. The molecule has 0 spiro atoms. The van der Waals surface area contributed by atoms with Gasteiger partial charge in [0, 0.05) is 42.9 Å². The van der Waals surface area contributed by atoms with E-state index in [1.165, 1.54) is 0 Å². The number of hydrogen-bond acceptors (Lipinski definition) is 2. The molecule has 3 rings (SSSR count). The van der Waals surface area contributed by atoms with Crippen molar-refractivity contribution in [3.05, 3.63) is 0 Å². The van der Waals surface area contributed by atoms with Crippen molar-refractivity contribution >= 4 is 5.91 Å². The molecule has 0 aromatic carbocycles. The molecule has 2 atom stereocenters. The van der Waals surface area contributed by atoms with Crippen molar-refractivity contribution in [2.75, 3.05) is 26.2 Å². The second kappa shape index (κ2) is 2.76. The molecule has 3 nitrogen and oxygen atoms in total. The van der Waals surface area contributed by atoms with E-state index in [1.807, 2.05) is 0 Å². The fourth-order valence-corrected chi connectivity index (χ4v) is 3.18. The Labute approximate surface area is 91.2 Å². The predicted octanol–water partition coefficient (Wildman–Crippen LogP) is 0.854. The average Bonchev–Trinajstić information content (AvgIpc) is 2.89. The number of carbonyl (C=O) groups is 1. The van der Waals surface area contributed by atoms with Gasteiger partial charge >= 0.3 is 0 Å². The Bertz CT molecular complexity index is 295. The normalized spacial score (nSPS) is 44.5.